The molecule has 0 aliphatic carbocycles. The van der Waals surface area contributed by atoms with Gasteiger partial charge >= 0.3 is 12.1 Å². The van der Waals surface area contributed by atoms with Gasteiger partial charge in [0.2, 0.25) is 0 Å². The van der Waals surface area contributed by atoms with E-state index in [1.807, 2.05) is 6.07 Å². The number of fused-ring (bicyclic) bond motifs is 1. The third kappa shape index (κ3) is 8.96. The van der Waals surface area contributed by atoms with Gasteiger partial charge in [-0.2, -0.15) is 0 Å². The monoisotopic (exact) mass is 650 g/mol. The zero-order valence-electron chi connectivity index (χ0n) is 30.5. The maximum atomic E-state index is 12.9. The van der Waals surface area contributed by atoms with E-state index < -0.39 is 32.0 Å². The van der Waals surface area contributed by atoms with Gasteiger partial charge in [0.25, 0.3) is 8.32 Å². The number of esters is 1. The van der Waals surface area contributed by atoms with Crippen LogP contribution in [0.3, 0.4) is 0 Å². The highest BCUT2D eigenvalue weighted by atomic mass is 28.4. The molecule has 46 heavy (non-hydrogen) atoms. The van der Waals surface area contributed by atoms with Crippen molar-refractivity contribution in [1.29, 1.82) is 0 Å². The molecule has 0 radical (unpaired) electrons. The molecular weight excluding hydrogens is 593 g/mol. The summed E-state index contributed by atoms with van der Waals surface area (Å²) < 4.78 is 17.8. The Labute approximate surface area is 278 Å². The van der Waals surface area contributed by atoms with Gasteiger partial charge in [-0.15, -0.1) is 0 Å². The van der Waals surface area contributed by atoms with Crippen LogP contribution < -0.4 is 9.74 Å². The molecule has 254 valence electrons. The number of benzene rings is 2. The maximum absolute atomic E-state index is 12.9. The molecule has 0 saturated heterocycles. The summed E-state index contributed by atoms with van der Waals surface area (Å²) >= 11 is 0. The predicted octanol–water partition coefficient (Wildman–Crippen LogP) is 9.98. The van der Waals surface area contributed by atoms with Gasteiger partial charge in [-0.1, -0.05) is 80.9 Å². The third-order valence-corrected chi connectivity index (χ3v) is 15.3. The van der Waals surface area contributed by atoms with E-state index in [1.54, 1.807) is 20.8 Å². The highest BCUT2D eigenvalue weighted by Gasteiger charge is 2.47. The van der Waals surface area contributed by atoms with E-state index in [1.165, 1.54) is 18.1 Å². The van der Waals surface area contributed by atoms with Crippen LogP contribution in [-0.4, -0.2) is 44.1 Å². The van der Waals surface area contributed by atoms with Gasteiger partial charge in [-0.25, -0.2) is 9.59 Å². The van der Waals surface area contributed by atoms with Gasteiger partial charge in [-0.05, 0) is 95.7 Å². The van der Waals surface area contributed by atoms with Gasteiger partial charge in [0.15, 0.2) is 0 Å². The Bertz CT molecular complexity index is 1480. The van der Waals surface area contributed by atoms with Crippen LogP contribution in [0.1, 0.15) is 101 Å². The van der Waals surface area contributed by atoms with Crippen LogP contribution in [0.25, 0.3) is 22.0 Å². The number of carbonyl (C=O) groups excluding carboxylic acids is 2. The Kier molecular flexibility index (Phi) is 11.9. The van der Waals surface area contributed by atoms with Crippen molar-refractivity contribution >= 4 is 31.3 Å². The lowest BCUT2D eigenvalue weighted by Gasteiger charge is -2.42. The topological polar surface area (TPSA) is 89.7 Å². The highest BCUT2D eigenvalue weighted by Crippen LogP contribution is 2.44. The van der Waals surface area contributed by atoms with E-state index in [9.17, 15) is 9.59 Å². The number of hydrogen-bond donors (Lipinski definition) is 2. The molecule has 0 spiro atoms. The molecule has 1 atom stereocenters. The van der Waals surface area contributed by atoms with Crippen LogP contribution in [0.15, 0.2) is 42.6 Å². The summed E-state index contributed by atoms with van der Waals surface area (Å²) in [6.45, 7) is 25.8. The molecule has 0 aliphatic rings. The number of rotatable bonds is 13. The number of hydrogen-bond acceptors (Lipinski definition) is 5. The average molecular weight is 651 g/mol. The largest absolute Gasteiger partial charge is 0.543 e. The zero-order valence-corrected chi connectivity index (χ0v) is 31.5. The molecule has 1 heterocycles. The molecule has 3 rings (SSSR count). The van der Waals surface area contributed by atoms with Gasteiger partial charge in [0, 0.05) is 23.5 Å². The minimum absolute atomic E-state index is 0.189. The third-order valence-electron chi connectivity index (χ3n) is 9.31. The highest BCUT2D eigenvalue weighted by molar-refractivity contribution is 6.78. The molecule has 0 unspecified atom stereocenters. The Hall–Kier alpha value is -3.26. The van der Waals surface area contributed by atoms with E-state index in [0.717, 1.165) is 40.8 Å². The second-order valence-electron chi connectivity index (χ2n) is 15.5. The van der Waals surface area contributed by atoms with Crippen molar-refractivity contribution < 1.29 is 23.5 Å². The first-order valence-corrected chi connectivity index (χ1v) is 19.0. The first-order valence-electron chi connectivity index (χ1n) is 16.8. The van der Waals surface area contributed by atoms with Crippen LogP contribution in [0.4, 0.5) is 4.79 Å². The molecule has 7 nitrogen and oxygen atoms in total. The summed E-state index contributed by atoms with van der Waals surface area (Å²) in [7, 11) is -0.968. The second-order valence-corrected chi connectivity index (χ2v) is 20.9. The summed E-state index contributed by atoms with van der Waals surface area (Å²) in [5.41, 5.74) is 5.98. The summed E-state index contributed by atoms with van der Waals surface area (Å²) in [6, 6.07) is 11.8. The fourth-order valence-electron chi connectivity index (χ4n) is 6.73. The molecular formula is C38H58N2O5Si. The first-order chi connectivity index (χ1) is 21.3. The molecule has 0 bridgehead atoms. The minimum Gasteiger partial charge on any atom is -0.543 e. The quantitative estimate of drug-likeness (QED) is 0.142. The summed E-state index contributed by atoms with van der Waals surface area (Å²) in [4.78, 5) is 29.1. The van der Waals surface area contributed by atoms with Crippen LogP contribution in [0.5, 0.6) is 5.75 Å². The van der Waals surface area contributed by atoms with Crippen molar-refractivity contribution in [2.75, 3.05) is 7.11 Å². The van der Waals surface area contributed by atoms with Gasteiger partial charge in [0.1, 0.15) is 17.4 Å². The smallest absolute Gasteiger partial charge is 0.408 e. The van der Waals surface area contributed by atoms with Crippen LogP contribution >= 0.6 is 0 Å². The number of ether oxygens (including phenoxy) is 2. The van der Waals surface area contributed by atoms with E-state index in [2.05, 4.69) is 109 Å². The molecule has 0 saturated carbocycles. The van der Waals surface area contributed by atoms with Crippen molar-refractivity contribution in [3.05, 3.63) is 53.7 Å². The molecule has 8 heteroatoms. The number of aromatic nitrogens is 1. The summed E-state index contributed by atoms with van der Waals surface area (Å²) in [6.07, 6.45) is 3.76. The lowest BCUT2D eigenvalue weighted by Crippen LogP contribution is -2.50. The lowest BCUT2D eigenvalue weighted by molar-refractivity contribution is -0.143. The van der Waals surface area contributed by atoms with Crippen LogP contribution in [-0.2, 0) is 27.1 Å². The molecule has 2 aromatic carbocycles. The number of nitrogens with one attached hydrogen (secondary N) is 2. The maximum Gasteiger partial charge on any atom is 0.408 e. The fourth-order valence-corrected chi connectivity index (χ4v) is 12.0. The van der Waals surface area contributed by atoms with Crippen molar-refractivity contribution in [3.63, 3.8) is 0 Å². The molecule has 1 aromatic heterocycles. The first kappa shape index (κ1) is 37.2. The molecule has 0 fully saturated rings. The minimum atomic E-state index is -2.30. The summed E-state index contributed by atoms with van der Waals surface area (Å²) in [5.74, 6) is 0.253. The van der Waals surface area contributed by atoms with Crippen LogP contribution in [0.2, 0.25) is 16.6 Å². The number of aromatic amines is 1. The number of alkyl carbamates (subject to hydrolysis) is 1. The standard InChI is InChI=1S/C38H58N2O5Si/c1-14-38(11,12)22-30-23-39-33-16-15-28(21-32(30)33)29-17-27(19-34(35(41)43-13)40-36(42)44-37(8,9)10)18-31(20-29)45-46(24(2)3,25(4)5)26(6)7/h15-18,20-21,23-26,34,39H,14,19,22H2,1-13H3,(H,40,42)/t34-/m0/s1. The van der Waals surface area contributed by atoms with E-state index in [-0.39, 0.29) is 11.8 Å². The van der Waals surface area contributed by atoms with Gasteiger partial charge in [-0.3, -0.25) is 0 Å². The second kappa shape index (κ2) is 14.7. The van der Waals surface area contributed by atoms with Gasteiger partial charge in [0.05, 0.1) is 7.11 Å². The van der Waals surface area contributed by atoms with Crippen molar-refractivity contribution in [1.82, 2.24) is 10.3 Å². The van der Waals surface area contributed by atoms with Crippen molar-refractivity contribution in [2.45, 2.75) is 131 Å². The Morgan fingerprint density at radius 1 is 0.891 bits per heavy atom. The summed E-state index contributed by atoms with van der Waals surface area (Å²) in [5, 5.41) is 3.95. The predicted molar refractivity (Wildman–Crippen MR) is 192 cm³/mol. The normalized spacial score (nSPS) is 13.4. The average Bonchev–Trinajstić information content (AvgIpc) is 3.34. The van der Waals surface area contributed by atoms with E-state index in [4.69, 9.17) is 13.9 Å². The van der Waals surface area contributed by atoms with Crippen molar-refractivity contribution in [2.24, 2.45) is 5.41 Å². The molecule has 2 N–H and O–H groups in total. The van der Waals surface area contributed by atoms with E-state index >= 15 is 0 Å². The van der Waals surface area contributed by atoms with E-state index in [0.29, 0.717) is 16.6 Å². The fraction of sp³-hybridized carbons (Fsp3) is 0.579. The Morgan fingerprint density at radius 2 is 1.52 bits per heavy atom. The SMILES string of the molecule is CCC(C)(C)Cc1c[nH]c2ccc(-c3cc(C[C@H](NC(=O)OC(C)(C)C)C(=O)OC)cc(O[Si](C(C)C)(C(C)C)C(C)C)c3)cc12. The number of carbonyl (C=O) groups is 2. The van der Waals surface area contributed by atoms with Crippen LogP contribution in [0, 0.1) is 5.41 Å². The van der Waals surface area contributed by atoms with Crippen molar-refractivity contribution in [3.8, 4) is 16.9 Å². The lowest BCUT2D eigenvalue weighted by atomic mass is 9.83. The molecule has 3 aromatic rings. The van der Waals surface area contributed by atoms with Gasteiger partial charge < -0.3 is 24.2 Å². The number of amides is 1. The number of H-pyrrole nitrogens is 1. The molecule has 1 amide bonds. The number of methoxy groups -OCH3 is 1. The molecule has 0 aliphatic heterocycles. The Morgan fingerprint density at radius 3 is 2.07 bits per heavy atom. The zero-order chi connectivity index (χ0) is 34.6. The Balaban J connectivity index is 2.17.